The lowest BCUT2D eigenvalue weighted by molar-refractivity contribution is 0.0867. The van der Waals surface area contributed by atoms with Crippen molar-refractivity contribution < 1.29 is 18.9 Å². The Morgan fingerprint density at radius 1 is 1.06 bits per heavy atom. The number of pyridine rings is 2. The van der Waals surface area contributed by atoms with Crippen LogP contribution < -0.4 is 18.9 Å². The number of nitrogens with zero attached hydrogens (tertiary/aromatic N) is 4. The number of benzene rings is 1. The number of methoxy groups -OCH3 is 2. The highest BCUT2D eigenvalue weighted by Gasteiger charge is 2.27. The minimum atomic E-state index is -0.239. The molecule has 0 saturated heterocycles. The maximum atomic E-state index is 6.23. The number of rotatable bonds is 5. The summed E-state index contributed by atoms with van der Waals surface area (Å²) in [6, 6.07) is 9.76. The third kappa shape index (κ3) is 3.61. The molecule has 0 saturated carbocycles. The maximum absolute atomic E-state index is 6.23. The molecule has 1 aliphatic rings. The predicted octanol–water partition coefficient (Wildman–Crippen LogP) is 3.71. The summed E-state index contributed by atoms with van der Waals surface area (Å²) in [4.78, 5) is 13.3. The van der Waals surface area contributed by atoms with E-state index in [9.17, 15) is 0 Å². The average molecular weight is 418 g/mol. The van der Waals surface area contributed by atoms with E-state index < -0.39 is 0 Å². The van der Waals surface area contributed by atoms with Gasteiger partial charge in [0.1, 0.15) is 17.9 Å². The Kier molecular flexibility index (Phi) is 4.82. The van der Waals surface area contributed by atoms with Crippen LogP contribution in [0.15, 0.2) is 49.1 Å². The third-order valence-electron chi connectivity index (χ3n) is 5.28. The largest absolute Gasteiger partial charge is 0.495 e. The summed E-state index contributed by atoms with van der Waals surface area (Å²) in [5.74, 6) is 2.56. The molecule has 0 radical (unpaired) electrons. The maximum Gasteiger partial charge on any atom is 0.204 e. The van der Waals surface area contributed by atoms with Crippen LogP contribution in [0.5, 0.6) is 23.0 Å². The average Bonchev–Trinajstić information content (AvgIpc) is 3.20. The normalized spacial score (nSPS) is 15.1. The number of aromatic nitrogens is 4. The molecule has 8 heteroatoms. The van der Waals surface area contributed by atoms with Crippen molar-refractivity contribution in [3.63, 3.8) is 0 Å². The van der Waals surface area contributed by atoms with Crippen LogP contribution in [0.3, 0.4) is 0 Å². The SMILES string of the molecule is COc1cnc2c(c1)ncn2Cc1cc(OC)c2c(c1)OC[C@H](c1ccc(C)nc1)O2. The highest BCUT2D eigenvalue weighted by molar-refractivity contribution is 5.72. The van der Waals surface area contributed by atoms with Gasteiger partial charge in [0.25, 0.3) is 0 Å². The van der Waals surface area contributed by atoms with Gasteiger partial charge < -0.3 is 23.5 Å². The lowest BCUT2D eigenvalue weighted by Gasteiger charge is -2.28. The molecule has 0 N–H and O–H groups in total. The van der Waals surface area contributed by atoms with Crippen LogP contribution in [-0.4, -0.2) is 40.3 Å². The van der Waals surface area contributed by atoms with Gasteiger partial charge in [0.2, 0.25) is 5.75 Å². The number of fused-ring (bicyclic) bond motifs is 2. The number of hydrogen-bond donors (Lipinski definition) is 0. The minimum Gasteiger partial charge on any atom is -0.495 e. The zero-order valence-corrected chi connectivity index (χ0v) is 17.5. The van der Waals surface area contributed by atoms with Crippen molar-refractivity contribution in [2.45, 2.75) is 19.6 Å². The Hall–Kier alpha value is -3.81. The van der Waals surface area contributed by atoms with Crippen molar-refractivity contribution in [3.05, 3.63) is 65.9 Å². The van der Waals surface area contributed by atoms with E-state index in [1.807, 2.05) is 48.0 Å². The van der Waals surface area contributed by atoms with Crippen LogP contribution in [0, 0.1) is 6.92 Å². The Bertz CT molecular complexity index is 1220. The van der Waals surface area contributed by atoms with Crippen LogP contribution in [0.1, 0.15) is 22.9 Å². The van der Waals surface area contributed by atoms with Crippen LogP contribution in [0.4, 0.5) is 0 Å². The van der Waals surface area contributed by atoms with E-state index in [0.717, 1.165) is 28.0 Å². The van der Waals surface area contributed by atoms with Crippen molar-refractivity contribution in [3.8, 4) is 23.0 Å². The molecule has 1 aliphatic heterocycles. The Balaban J connectivity index is 1.43. The summed E-state index contributed by atoms with van der Waals surface area (Å²) >= 11 is 0. The van der Waals surface area contributed by atoms with Gasteiger partial charge in [-0.25, -0.2) is 9.97 Å². The van der Waals surface area contributed by atoms with Crippen molar-refractivity contribution in [2.24, 2.45) is 0 Å². The van der Waals surface area contributed by atoms with Gasteiger partial charge in [-0.1, -0.05) is 6.07 Å². The van der Waals surface area contributed by atoms with Crippen LogP contribution >= 0.6 is 0 Å². The smallest absolute Gasteiger partial charge is 0.204 e. The monoisotopic (exact) mass is 418 g/mol. The summed E-state index contributed by atoms with van der Waals surface area (Å²) < 4.78 is 25.1. The molecule has 158 valence electrons. The first-order valence-corrected chi connectivity index (χ1v) is 9.92. The molecular weight excluding hydrogens is 396 g/mol. The third-order valence-corrected chi connectivity index (χ3v) is 5.28. The predicted molar refractivity (Wildman–Crippen MR) is 114 cm³/mol. The first-order chi connectivity index (χ1) is 15.1. The lowest BCUT2D eigenvalue weighted by atomic mass is 10.1. The molecule has 31 heavy (non-hydrogen) atoms. The summed E-state index contributed by atoms with van der Waals surface area (Å²) in [5, 5.41) is 0. The Morgan fingerprint density at radius 3 is 2.74 bits per heavy atom. The summed E-state index contributed by atoms with van der Waals surface area (Å²) in [7, 11) is 3.24. The molecule has 5 rings (SSSR count). The Labute approximate surface area is 179 Å². The molecule has 1 atom stereocenters. The van der Waals surface area contributed by atoms with Gasteiger partial charge in [0.15, 0.2) is 23.3 Å². The number of imidazole rings is 1. The molecule has 1 aromatic carbocycles. The second-order valence-electron chi connectivity index (χ2n) is 7.37. The molecule has 0 unspecified atom stereocenters. The number of ether oxygens (including phenoxy) is 4. The van der Waals surface area contributed by atoms with Crippen molar-refractivity contribution >= 4 is 11.2 Å². The highest BCUT2D eigenvalue weighted by atomic mass is 16.6. The van der Waals surface area contributed by atoms with Crippen molar-refractivity contribution in [1.82, 2.24) is 19.5 Å². The second-order valence-corrected chi connectivity index (χ2v) is 7.37. The molecule has 4 heterocycles. The summed E-state index contributed by atoms with van der Waals surface area (Å²) in [6.07, 6.45) is 5.03. The topological polar surface area (TPSA) is 80.5 Å². The minimum absolute atomic E-state index is 0.239. The number of aryl methyl sites for hydroxylation is 1. The first-order valence-electron chi connectivity index (χ1n) is 9.92. The van der Waals surface area contributed by atoms with E-state index in [-0.39, 0.29) is 6.10 Å². The van der Waals surface area contributed by atoms with Crippen molar-refractivity contribution in [2.75, 3.05) is 20.8 Å². The Morgan fingerprint density at radius 2 is 1.97 bits per heavy atom. The number of hydrogen-bond acceptors (Lipinski definition) is 7. The first kappa shape index (κ1) is 19.2. The molecule has 0 aliphatic carbocycles. The second kappa shape index (κ2) is 7.79. The summed E-state index contributed by atoms with van der Waals surface area (Å²) in [5.41, 5.74) is 4.48. The van der Waals surface area contributed by atoms with Gasteiger partial charge in [-0.05, 0) is 30.7 Å². The summed E-state index contributed by atoms with van der Waals surface area (Å²) in [6.45, 7) is 2.92. The van der Waals surface area contributed by atoms with Gasteiger partial charge in [-0.3, -0.25) is 4.98 Å². The van der Waals surface area contributed by atoms with Crippen LogP contribution in [0.2, 0.25) is 0 Å². The fraction of sp³-hybridized carbons (Fsp3) is 0.261. The van der Waals surface area contributed by atoms with Crippen molar-refractivity contribution in [1.29, 1.82) is 0 Å². The van der Waals surface area contributed by atoms with Gasteiger partial charge in [0, 0.05) is 23.5 Å². The molecule has 3 aromatic heterocycles. The molecule has 0 spiro atoms. The van der Waals surface area contributed by atoms with Gasteiger partial charge in [0.05, 0.1) is 33.3 Å². The molecule has 0 amide bonds. The lowest BCUT2D eigenvalue weighted by Crippen LogP contribution is -2.22. The van der Waals surface area contributed by atoms with Gasteiger partial charge in [-0.15, -0.1) is 0 Å². The van der Waals surface area contributed by atoms with E-state index in [4.69, 9.17) is 18.9 Å². The van der Waals surface area contributed by atoms with E-state index in [2.05, 4.69) is 15.0 Å². The van der Waals surface area contributed by atoms with Gasteiger partial charge >= 0.3 is 0 Å². The standard InChI is InChI=1S/C23H22N4O4/c1-14-4-5-16(9-24-14)21-12-30-20-7-15(6-19(29-3)22(20)31-21)11-27-13-26-18-8-17(28-2)10-25-23(18)27/h4-10,13,21H,11-12H2,1-3H3/t21-/m1/s1. The quantitative estimate of drug-likeness (QED) is 0.489. The van der Waals surface area contributed by atoms with E-state index in [0.29, 0.717) is 36.1 Å². The zero-order chi connectivity index (χ0) is 21.4. The fourth-order valence-corrected chi connectivity index (χ4v) is 3.63. The molecular formula is C23H22N4O4. The molecule has 0 bridgehead atoms. The van der Waals surface area contributed by atoms with Crippen LogP contribution in [-0.2, 0) is 6.54 Å². The molecule has 8 nitrogen and oxygen atoms in total. The molecule has 0 fully saturated rings. The molecule has 4 aromatic rings. The van der Waals surface area contributed by atoms with E-state index in [1.165, 1.54) is 0 Å². The zero-order valence-electron chi connectivity index (χ0n) is 17.5. The van der Waals surface area contributed by atoms with Gasteiger partial charge in [-0.2, -0.15) is 0 Å². The van der Waals surface area contributed by atoms with E-state index >= 15 is 0 Å². The van der Waals surface area contributed by atoms with Crippen LogP contribution in [0.25, 0.3) is 11.2 Å². The van der Waals surface area contributed by atoms with E-state index in [1.54, 1.807) is 26.7 Å². The fourth-order valence-electron chi connectivity index (χ4n) is 3.63. The highest BCUT2D eigenvalue weighted by Crippen LogP contribution is 2.44.